The van der Waals surface area contributed by atoms with Crippen LogP contribution < -0.4 is 16.2 Å². The van der Waals surface area contributed by atoms with Crippen LogP contribution in [-0.2, 0) is 17.9 Å². The van der Waals surface area contributed by atoms with E-state index in [9.17, 15) is 14.4 Å². The van der Waals surface area contributed by atoms with E-state index in [0.717, 1.165) is 11.1 Å². The summed E-state index contributed by atoms with van der Waals surface area (Å²) < 4.78 is 5.79. The molecule has 2 amide bonds. The fraction of sp³-hybridized carbons (Fsp3) is 0.125. The molecule has 0 aliphatic carbocycles. The van der Waals surface area contributed by atoms with E-state index in [2.05, 4.69) is 9.97 Å². The SMILES string of the molecule is NC(=O)CN(Cc1ccc(OCc2ccccc2)cc1)C(=O)c1ccc2[nH]c(=O)[nH]c2c1. The van der Waals surface area contributed by atoms with Crippen LogP contribution >= 0.6 is 0 Å². The smallest absolute Gasteiger partial charge is 0.323 e. The second-order valence-corrected chi connectivity index (χ2v) is 7.39. The molecular formula is C24H22N4O4. The summed E-state index contributed by atoms with van der Waals surface area (Å²) in [5, 5.41) is 0. The van der Waals surface area contributed by atoms with Crippen molar-refractivity contribution >= 4 is 22.8 Å². The first-order valence-corrected chi connectivity index (χ1v) is 10.0. The number of nitrogens with zero attached hydrogens (tertiary/aromatic N) is 1. The summed E-state index contributed by atoms with van der Waals surface area (Å²) in [6.45, 7) is 0.422. The second kappa shape index (κ2) is 9.22. The van der Waals surface area contributed by atoms with Gasteiger partial charge < -0.3 is 25.3 Å². The highest BCUT2D eigenvalue weighted by molar-refractivity contribution is 5.98. The number of imidazole rings is 1. The van der Waals surface area contributed by atoms with Crippen molar-refractivity contribution in [2.24, 2.45) is 5.73 Å². The third-order valence-electron chi connectivity index (χ3n) is 4.94. The van der Waals surface area contributed by atoms with E-state index in [1.165, 1.54) is 4.90 Å². The number of nitrogens with two attached hydrogens (primary N) is 1. The second-order valence-electron chi connectivity index (χ2n) is 7.39. The van der Waals surface area contributed by atoms with E-state index in [1.54, 1.807) is 18.2 Å². The number of amides is 2. The molecule has 0 unspecified atom stereocenters. The van der Waals surface area contributed by atoms with Crippen LogP contribution in [0.1, 0.15) is 21.5 Å². The standard InChI is InChI=1S/C24H22N4O4/c25-22(29)14-28(23(30)18-8-11-20-21(12-18)27-24(31)26-20)13-16-6-9-19(10-7-16)32-15-17-4-2-1-3-5-17/h1-12H,13-15H2,(H2,25,29)(H2,26,27,31). The van der Waals surface area contributed by atoms with Gasteiger partial charge >= 0.3 is 5.69 Å². The summed E-state index contributed by atoms with van der Waals surface area (Å²) in [6, 6.07) is 22.0. The lowest BCUT2D eigenvalue weighted by Crippen LogP contribution is -2.38. The van der Waals surface area contributed by atoms with Crippen LogP contribution in [0.5, 0.6) is 5.75 Å². The third kappa shape index (κ3) is 5.04. The highest BCUT2D eigenvalue weighted by Crippen LogP contribution is 2.18. The Morgan fingerprint density at radius 2 is 1.59 bits per heavy atom. The van der Waals surface area contributed by atoms with Crippen LogP contribution in [0.4, 0.5) is 0 Å². The minimum Gasteiger partial charge on any atom is -0.489 e. The van der Waals surface area contributed by atoms with Crippen molar-refractivity contribution in [1.82, 2.24) is 14.9 Å². The molecule has 0 bridgehead atoms. The van der Waals surface area contributed by atoms with Gasteiger partial charge in [-0.25, -0.2) is 4.79 Å². The molecule has 32 heavy (non-hydrogen) atoms. The number of ether oxygens (including phenoxy) is 1. The van der Waals surface area contributed by atoms with Crippen LogP contribution in [0.2, 0.25) is 0 Å². The van der Waals surface area contributed by atoms with Gasteiger partial charge in [0.25, 0.3) is 5.91 Å². The summed E-state index contributed by atoms with van der Waals surface area (Å²) in [5.74, 6) is -0.276. The van der Waals surface area contributed by atoms with E-state index in [-0.39, 0.29) is 24.7 Å². The van der Waals surface area contributed by atoms with Gasteiger partial charge in [0.2, 0.25) is 5.91 Å². The van der Waals surface area contributed by atoms with E-state index < -0.39 is 5.91 Å². The fourth-order valence-corrected chi connectivity index (χ4v) is 3.39. The van der Waals surface area contributed by atoms with Gasteiger partial charge in [0, 0.05) is 12.1 Å². The Balaban J connectivity index is 1.47. The van der Waals surface area contributed by atoms with Crippen molar-refractivity contribution in [3.05, 3.63) is 100.0 Å². The number of primary amides is 1. The molecule has 1 heterocycles. The molecule has 4 rings (SSSR count). The molecule has 0 aliphatic rings. The average Bonchev–Trinajstić information content (AvgIpc) is 3.17. The first kappa shape index (κ1) is 20.9. The molecule has 162 valence electrons. The summed E-state index contributed by atoms with van der Waals surface area (Å²) in [7, 11) is 0. The first-order valence-electron chi connectivity index (χ1n) is 10.0. The molecule has 0 saturated heterocycles. The number of hydrogen-bond acceptors (Lipinski definition) is 4. The van der Waals surface area contributed by atoms with Gasteiger partial charge in [-0.1, -0.05) is 42.5 Å². The predicted octanol–water partition coefficient (Wildman–Crippen LogP) is 2.56. The van der Waals surface area contributed by atoms with Gasteiger partial charge in [-0.15, -0.1) is 0 Å². The highest BCUT2D eigenvalue weighted by atomic mass is 16.5. The highest BCUT2D eigenvalue weighted by Gasteiger charge is 2.19. The molecule has 0 fully saturated rings. The number of benzene rings is 3. The first-order chi connectivity index (χ1) is 15.5. The molecule has 4 N–H and O–H groups in total. The van der Waals surface area contributed by atoms with Crippen LogP contribution in [0.3, 0.4) is 0 Å². The van der Waals surface area contributed by atoms with Crippen molar-refractivity contribution in [1.29, 1.82) is 0 Å². The Bertz CT molecular complexity index is 1290. The molecular weight excluding hydrogens is 408 g/mol. The largest absolute Gasteiger partial charge is 0.489 e. The zero-order valence-corrected chi connectivity index (χ0v) is 17.2. The molecule has 0 radical (unpaired) electrons. The number of hydrogen-bond donors (Lipinski definition) is 3. The summed E-state index contributed by atoms with van der Waals surface area (Å²) in [6.07, 6.45) is 0. The number of aromatic nitrogens is 2. The molecule has 3 aromatic carbocycles. The van der Waals surface area contributed by atoms with Gasteiger partial charge in [0.1, 0.15) is 12.4 Å². The van der Waals surface area contributed by atoms with Crippen molar-refractivity contribution in [2.45, 2.75) is 13.2 Å². The maximum absolute atomic E-state index is 13.1. The number of H-pyrrole nitrogens is 2. The molecule has 8 nitrogen and oxygen atoms in total. The van der Waals surface area contributed by atoms with Crippen molar-refractivity contribution in [2.75, 3.05) is 6.54 Å². The lowest BCUT2D eigenvalue weighted by Gasteiger charge is -2.21. The monoisotopic (exact) mass is 430 g/mol. The normalized spacial score (nSPS) is 10.8. The lowest BCUT2D eigenvalue weighted by molar-refractivity contribution is -0.118. The Labute approximate surface area is 183 Å². The van der Waals surface area contributed by atoms with Crippen LogP contribution in [0.25, 0.3) is 11.0 Å². The molecule has 8 heteroatoms. The quantitative estimate of drug-likeness (QED) is 0.398. The number of aromatic amines is 2. The Morgan fingerprint density at radius 1 is 0.875 bits per heavy atom. The topological polar surface area (TPSA) is 121 Å². The van der Waals surface area contributed by atoms with E-state index in [1.807, 2.05) is 54.6 Å². The average molecular weight is 430 g/mol. The van der Waals surface area contributed by atoms with E-state index in [0.29, 0.717) is 29.0 Å². The predicted molar refractivity (Wildman–Crippen MR) is 120 cm³/mol. The Morgan fingerprint density at radius 3 is 2.31 bits per heavy atom. The third-order valence-corrected chi connectivity index (χ3v) is 4.94. The van der Waals surface area contributed by atoms with Gasteiger partial charge in [0.15, 0.2) is 0 Å². The minimum atomic E-state index is -0.614. The molecule has 0 aliphatic heterocycles. The van der Waals surface area contributed by atoms with Crippen LogP contribution in [0.15, 0.2) is 77.6 Å². The molecule has 0 spiro atoms. The zero-order valence-electron chi connectivity index (χ0n) is 17.2. The maximum Gasteiger partial charge on any atom is 0.323 e. The lowest BCUT2D eigenvalue weighted by atomic mass is 10.1. The fourth-order valence-electron chi connectivity index (χ4n) is 3.39. The van der Waals surface area contributed by atoms with Crippen molar-refractivity contribution in [3.63, 3.8) is 0 Å². The minimum absolute atomic E-state index is 0.197. The molecule has 1 aromatic heterocycles. The summed E-state index contributed by atoms with van der Waals surface area (Å²) in [5.41, 5.74) is 8.36. The molecule has 4 aromatic rings. The number of nitrogens with one attached hydrogen (secondary N) is 2. The van der Waals surface area contributed by atoms with E-state index in [4.69, 9.17) is 10.5 Å². The van der Waals surface area contributed by atoms with Crippen molar-refractivity contribution in [3.8, 4) is 5.75 Å². The van der Waals surface area contributed by atoms with Gasteiger partial charge in [-0.05, 0) is 41.5 Å². The van der Waals surface area contributed by atoms with Crippen LogP contribution in [0, 0.1) is 0 Å². The van der Waals surface area contributed by atoms with Crippen LogP contribution in [-0.4, -0.2) is 33.2 Å². The number of fused-ring (bicyclic) bond motifs is 1. The van der Waals surface area contributed by atoms with Crippen molar-refractivity contribution < 1.29 is 14.3 Å². The van der Waals surface area contributed by atoms with Gasteiger partial charge in [0.05, 0.1) is 17.6 Å². The summed E-state index contributed by atoms with van der Waals surface area (Å²) in [4.78, 5) is 42.7. The van der Waals surface area contributed by atoms with Gasteiger partial charge in [-0.3, -0.25) is 9.59 Å². The maximum atomic E-state index is 13.1. The Hall–Kier alpha value is -4.33. The number of rotatable bonds is 8. The van der Waals surface area contributed by atoms with Gasteiger partial charge in [-0.2, -0.15) is 0 Å². The molecule has 0 atom stereocenters. The Kier molecular flexibility index (Phi) is 6.03. The molecule has 0 saturated carbocycles. The number of carbonyl (C=O) groups is 2. The van der Waals surface area contributed by atoms with E-state index >= 15 is 0 Å². The summed E-state index contributed by atoms with van der Waals surface area (Å²) >= 11 is 0. The number of carbonyl (C=O) groups excluding carboxylic acids is 2. The zero-order chi connectivity index (χ0) is 22.5.